The van der Waals surface area contributed by atoms with E-state index in [2.05, 4.69) is 4.98 Å². The Labute approximate surface area is 187 Å². The molecule has 0 N–H and O–H groups in total. The van der Waals surface area contributed by atoms with Crippen LogP contribution in [-0.4, -0.2) is 47.6 Å². The zero-order valence-electron chi connectivity index (χ0n) is 17.0. The van der Waals surface area contributed by atoms with Crippen molar-refractivity contribution in [1.29, 1.82) is 0 Å². The maximum absolute atomic E-state index is 13.2. The summed E-state index contributed by atoms with van der Waals surface area (Å²) >= 11 is 12.1. The van der Waals surface area contributed by atoms with E-state index in [9.17, 15) is 13.2 Å². The van der Waals surface area contributed by atoms with Gasteiger partial charge in [0.25, 0.3) is 0 Å². The van der Waals surface area contributed by atoms with Crippen LogP contribution in [-0.2, 0) is 21.4 Å². The molecular formula is C21H25Cl2N3O3S. The van der Waals surface area contributed by atoms with E-state index >= 15 is 0 Å². The lowest BCUT2D eigenvalue weighted by Crippen LogP contribution is -2.46. The summed E-state index contributed by atoms with van der Waals surface area (Å²) in [6.45, 7) is 4.98. The number of amides is 1. The zero-order chi connectivity index (χ0) is 21.9. The van der Waals surface area contributed by atoms with E-state index in [4.69, 9.17) is 23.2 Å². The van der Waals surface area contributed by atoms with Crippen LogP contribution in [0.2, 0.25) is 10.0 Å². The van der Waals surface area contributed by atoms with Crippen molar-refractivity contribution in [1.82, 2.24) is 14.2 Å². The van der Waals surface area contributed by atoms with Crippen molar-refractivity contribution < 1.29 is 13.2 Å². The van der Waals surface area contributed by atoms with Gasteiger partial charge in [0.15, 0.2) is 0 Å². The van der Waals surface area contributed by atoms with E-state index in [0.29, 0.717) is 24.4 Å². The highest BCUT2D eigenvalue weighted by Crippen LogP contribution is 2.31. The summed E-state index contributed by atoms with van der Waals surface area (Å²) in [5.41, 5.74) is 0.968. The number of nitrogens with zero attached hydrogens (tertiary/aromatic N) is 3. The highest BCUT2D eigenvalue weighted by Gasteiger charge is 2.35. The van der Waals surface area contributed by atoms with Crippen LogP contribution in [0.25, 0.3) is 0 Å². The number of halogens is 2. The van der Waals surface area contributed by atoms with Gasteiger partial charge in [-0.25, -0.2) is 8.42 Å². The predicted octanol–water partition coefficient (Wildman–Crippen LogP) is 4.23. The molecule has 1 aliphatic rings. The van der Waals surface area contributed by atoms with Crippen LogP contribution < -0.4 is 0 Å². The van der Waals surface area contributed by atoms with Gasteiger partial charge in [-0.3, -0.25) is 9.78 Å². The van der Waals surface area contributed by atoms with Crippen molar-refractivity contribution in [2.45, 2.75) is 44.2 Å². The highest BCUT2D eigenvalue weighted by atomic mass is 35.5. The topological polar surface area (TPSA) is 70.6 Å². The number of hydrogen-bond acceptors (Lipinski definition) is 4. The Kier molecular flexibility index (Phi) is 7.39. The molecule has 1 aromatic heterocycles. The summed E-state index contributed by atoms with van der Waals surface area (Å²) in [5, 5.41) is 0.450. The molecule has 6 nitrogen and oxygen atoms in total. The molecule has 1 aromatic carbocycles. The molecule has 1 fully saturated rings. The molecule has 3 rings (SSSR count). The molecule has 9 heteroatoms. The van der Waals surface area contributed by atoms with E-state index in [0.717, 1.165) is 5.56 Å². The van der Waals surface area contributed by atoms with Crippen molar-refractivity contribution in [3.63, 3.8) is 0 Å². The normalized spacial score (nSPS) is 16.0. The van der Waals surface area contributed by atoms with E-state index < -0.39 is 10.0 Å². The molecule has 0 radical (unpaired) electrons. The first-order valence-electron chi connectivity index (χ1n) is 9.84. The molecule has 1 saturated heterocycles. The van der Waals surface area contributed by atoms with Crippen LogP contribution >= 0.6 is 23.2 Å². The summed E-state index contributed by atoms with van der Waals surface area (Å²) in [5.74, 6) is -0.169. The summed E-state index contributed by atoms with van der Waals surface area (Å²) < 4.78 is 27.4. The van der Waals surface area contributed by atoms with Gasteiger partial charge in [0.05, 0.1) is 5.02 Å². The Balaban J connectivity index is 1.69. The first kappa shape index (κ1) is 23.0. The SMILES string of the molecule is CC(C)N(Cc1cccnc1)C(=O)C1CCN(S(=O)(=O)c2cc(Cl)ccc2Cl)CC1. The number of pyridine rings is 1. The Morgan fingerprint density at radius 2 is 1.93 bits per heavy atom. The molecule has 162 valence electrons. The fourth-order valence-corrected chi connectivity index (χ4v) is 5.80. The molecule has 0 spiro atoms. The Bertz CT molecular complexity index is 992. The fourth-order valence-electron chi connectivity index (χ4n) is 3.59. The summed E-state index contributed by atoms with van der Waals surface area (Å²) in [6, 6.07) is 8.22. The number of benzene rings is 1. The monoisotopic (exact) mass is 469 g/mol. The summed E-state index contributed by atoms with van der Waals surface area (Å²) in [4.78, 5) is 19.1. The Morgan fingerprint density at radius 1 is 1.23 bits per heavy atom. The lowest BCUT2D eigenvalue weighted by molar-refractivity contribution is -0.139. The first-order valence-corrected chi connectivity index (χ1v) is 12.0. The fraction of sp³-hybridized carbons (Fsp3) is 0.429. The minimum Gasteiger partial charge on any atom is -0.336 e. The number of carbonyl (C=O) groups excluding carboxylic acids is 1. The third kappa shape index (κ3) is 5.14. The standard InChI is InChI=1S/C21H25Cl2N3O3S/c1-15(2)26(14-16-4-3-9-24-13-16)21(27)17-7-10-25(11-8-17)30(28,29)20-12-18(22)5-6-19(20)23/h3-6,9,12-13,15,17H,7-8,10-11,14H2,1-2H3. The van der Waals surface area contributed by atoms with Gasteiger partial charge < -0.3 is 4.90 Å². The second-order valence-electron chi connectivity index (χ2n) is 7.67. The minimum atomic E-state index is -3.77. The number of piperidine rings is 1. The minimum absolute atomic E-state index is 0.00169. The average Bonchev–Trinajstić information content (AvgIpc) is 2.74. The quantitative estimate of drug-likeness (QED) is 0.634. The number of hydrogen-bond donors (Lipinski definition) is 0. The Morgan fingerprint density at radius 3 is 2.53 bits per heavy atom. The molecule has 30 heavy (non-hydrogen) atoms. The lowest BCUT2D eigenvalue weighted by Gasteiger charge is -2.35. The van der Waals surface area contributed by atoms with Crippen LogP contribution in [0.3, 0.4) is 0 Å². The maximum Gasteiger partial charge on any atom is 0.244 e. The van der Waals surface area contributed by atoms with Crippen LogP contribution in [0.15, 0.2) is 47.6 Å². The molecule has 2 heterocycles. The predicted molar refractivity (Wildman–Crippen MR) is 118 cm³/mol. The van der Waals surface area contributed by atoms with Gasteiger partial charge in [0.2, 0.25) is 15.9 Å². The van der Waals surface area contributed by atoms with Crippen LogP contribution in [0, 0.1) is 5.92 Å². The van der Waals surface area contributed by atoms with Crippen molar-refractivity contribution in [3.8, 4) is 0 Å². The van der Waals surface area contributed by atoms with Crippen LogP contribution in [0.5, 0.6) is 0 Å². The van der Waals surface area contributed by atoms with Gasteiger partial charge in [0, 0.05) is 49.0 Å². The molecule has 0 unspecified atom stereocenters. The largest absolute Gasteiger partial charge is 0.336 e. The first-order chi connectivity index (χ1) is 14.2. The van der Waals surface area contributed by atoms with E-state index in [1.165, 1.54) is 16.4 Å². The molecule has 0 bridgehead atoms. The van der Waals surface area contributed by atoms with Crippen molar-refractivity contribution >= 4 is 39.1 Å². The smallest absolute Gasteiger partial charge is 0.244 e. The van der Waals surface area contributed by atoms with Crippen molar-refractivity contribution in [3.05, 3.63) is 58.3 Å². The maximum atomic E-state index is 13.2. The number of carbonyl (C=O) groups is 1. The lowest BCUT2D eigenvalue weighted by atomic mass is 9.95. The van der Waals surface area contributed by atoms with E-state index in [1.54, 1.807) is 18.5 Å². The second-order valence-corrected chi connectivity index (χ2v) is 10.4. The highest BCUT2D eigenvalue weighted by molar-refractivity contribution is 7.89. The third-order valence-corrected chi connectivity index (χ3v) is 7.91. The van der Waals surface area contributed by atoms with E-state index in [1.807, 2.05) is 30.9 Å². The van der Waals surface area contributed by atoms with Crippen LogP contribution in [0.4, 0.5) is 0 Å². The van der Waals surface area contributed by atoms with Gasteiger partial charge in [-0.1, -0.05) is 29.3 Å². The molecule has 2 aromatic rings. The van der Waals surface area contributed by atoms with Crippen LogP contribution in [0.1, 0.15) is 32.3 Å². The number of aromatic nitrogens is 1. The summed E-state index contributed by atoms with van der Waals surface area (Å²) in [6.07, 6.45) is 4.39. The van der Waals surface area contributed by atoms with Crippen molar-refractivity contribution in [2.24, 2.45) is 5.92 Å². The molecular weight excluding hydrogens is 445 g/mol. The molecule has 0 saturated carbocycles. The molecule has 0 atom stereocenters. The Hall–Kier alpha value is -1.67. The van der Waals surface area contributed by atoms with Gasteiger partial charge in [-0.15, -0.1) is 0 Å². The number of sulfonamides is 1. The van der Waals surface area contributed by atoms with E-state index in [-0.39, 0.29) is 40.9 Å². The summed E-state index contributed by atoms with van der Waals surface area (Å²) in [7, 11) is -3.77. The van der Waals surface area contributed by atoms with Gasteiger partial charge in [-0.05, 0) is 56.5 Å². The van der Waals surface area contributed by atoms with Gasteiger partial charge in [-0.2, -0.15) is 4.31 Å². The third-order valence-electron chi connectivity index (χ3n) is 5.30. The molecule has 0 aliphatic carbocycles. The average molecular weight is 470 g/mol. The van der Waals surface area contributed by atoms with Gasteiger partial charge in [0.1, 0.15) is 4.90 Å². The van der Waals surface area contributed by atoms with Crippen molar-refractivity contribution in [2.75, 3.05) is 13.1 Å². The second kappa shape index (κ2) is 9.64. The molecule has 1 aliphatic heterocycles. The van der Waals surface area contributed by atoms with Gasteiger partial charge >= 0.3 is 0 Å². The molecule has 1 amide bonds. The number of rotatable bonds is 6. The zero-order valence-corrected chi connectivity index (χ0v) is 19.3.